The number of nitro groups is 1. The Hall–Kier alpha value is -2.64. The van der Waals surface area contributed by atoms with Crippen LogP contribution in [0.5, 0.6) is 5.75 Å². The quantitative estimate of drug-likeness (QED) is 0.425. The van der Waals surface area contributed by atoms with Gasteiger partial charge in [0.2, 0.25) is 0 Å². The first-order valence-corrected chi connectivity index (χ1v) is 7.95. The van der Waals surface area contributed by atoms with Crippen LogP contribution in [0.2, 0.25) is 0 Å². The predicted octanol–water partition coefficient (Wildman–Crippen LogP) is 2.79. The van der Waals surface area contributed by atoms with Gasteiger partial charge in [-0.1, -0.05) is 0 Å². The van der Waals surface area contributed by atoms with Crippen LogP contribution in [0.1, 0.15) is 45.0 Å². The summed E-state index contributed by atoms with van der Waals surface area (Å²) >= 11 is 0. The number of carbonyl (C=O) groups is 2. The van der Waals surface area contributed by atoms with Crippen molar-refractivity contribution in [3.63, 3.8) is 0 Å². The van der Waals surface area contributed by atoms with E-state index in [2.05, 4.69) is 0 Å². The molecule has 0 radical (unpaired) electrons. The van der Waals surface area contributed by atoms with E-state index >= 15 is 0 Å². The lowest BCUT2D eigenvalue weighted by Gasteiger charge is -2.32. The van der Waals surface area contributed by atoms with Gasteiger partial charge in [0.25, 0.3) is 11.6 Å². The molecule has 8 heteroatoms. The number of hydrogen-bond donors (Lipinski definition) is 0. The van der Waals surface area contributed by atoms with Gasteiger partial charge >= 0.3 is 5.97 Å². The van der Waals surface area contributed by atoms with Crippen molar-refractivity contribution in [3.8, 4) is 5.75 Å². The van der Waals surface area contributed by atoms with Crippen molar-refractivity contribution in [1.82, 2.24) is 4.90 Å². The van der Waals surface area contributed by atoms with Crippen molar-refractivity contribution >= 4 is 17.6 Å². The fraction of sp³-hybridized carbons (Fsp3) is 0.529. The number of nitro benzene ring substituents is 1. The first kappa shape index (κ1) is 20.4. The number of nitrogens with zero attached hydrogens (tertiary/aromatic N) is 2. The highest BCUT2D eigenvalue weighted by Crippen LogP contribution is 2.25. The van der Waals surface area contributed by atoms with Gasteiger partial charge in [0, 0.05) is 24.2 Å². The molecule has 0 unspecified atom stereocenters. The van der Waals surface area contributed by atoms with Gasteiger partial charge < -0.3 is 14.4 Å². The molecule has 0 N–H and O–H groups in total. The lowest BCUT2D eigenvalue weighted by atomic mass is 10.1. The smallest absolute Gasteiger partial charge is 0.342 e. The molecule has 8 nitrogen and oxygen atoms in total. The topological polar surface area (TPSA) is 99.0 Å². The maximum Gasteiger partial charge on any atom is 0.342 e. The third kappa shape index (κ3) is 4.91. The van der Waals surface area contributed by atoms with Crippen LogP contribution in [0, 0.1) is 10.1 Å². The molecule has 0 bridgehead atoms. The number of rotatable bonds is 7. The monoisotopic (exact) mass is 352 g/mol. The zero-order valence-electron chi connectivity index (χ0n) is 15.3. The summed E-state index contributed by atoms with van der Waals surface area (Å²) in [5, 5.41) is 10.9. The maximum absolute atomic E-state index is 12.5. The standard InChI is InChI=1S/C17H24N2O6/c1-10(2)18(11(3)4)16(20)12(5)25-17(21)14-9-13(19(22)23)7-8-15(14)24-6/h7-12H,1-6H3/t12-/m1/s1. The van der Waals surface area contributed by atoms with Gasteiger partial charge in [0.15, 0.2) is 6.10 Å². The number of non-ortho nitro benzene ring substituents is 1. The molecule has 0 aliphatic rings. The molecule has 0 spiro atoms. The Bertz CT molecular complexity index is 649. The minimum Gasteiger partial charge on any atom is -0.496 e. The maximum atomic E-state index is 12.5. The summed E-state index contributed by atoms with van der Waals surface area (Å²) in [6.07, 6.45) is -1.03. The van der Waals surface area contributed by atoms with Gasteiger partial charge in [-0.15, -0.1) is 0 Å². The van der Waals surface area contributed by atoms with Gasteiger partial charge in [-0.05, 0) is 40.7 Å². The largest absolute Gasteiger partial charge is 0.496 e. The van der Waals surface area contributed by atoms with Gasteiger partial charge in [0.05, 0.1) is 12.0 Å². The van der Waals surface area contributed by atoms with Crippen LogP contribution in [0.25, 0.3) is 0 Å². The molecule has 138 valence electrons. The first-order valence-electron chi connectivity index (χ1n) is 7.95. The number of hydrogen-bond acceptors (Lipinski definition) is 6. The Morgan fingerprint density at radius 3 is 2.12 bits per heavy atom. The molecule has 0 saturated carbocycles. The summed E-state index contributed by atoms with van der Waals surface area (Å²) in [5.74, 6) is -1.04. The van der Waals surface area contributed by atoms with Crippen molar-refractivity contribution in [2.24, 2.45) is 0 Å². The third-order valence-electron chi connectivity index (χ3n) is 3.61. The fourth-order valence-electron chi connectivity index (χ4n) is 2.56. The highest BCUT2D eigenvalue weighted by atomic mass is 16.6. The van der Waals surface area contributed by atoms with E-state index in [0.717, 1.165) is 6.07 Å². The van der Waals surface area contributed by atoms with E-state index in [9.17, 15) is 19.7 Å². The molecule has 0 heterocycles. The molecule has 1 amide bonds. The number of amides is 1. The Morgan fingerprint density at radius 1 is 1.12 bits per heavy atom. The zero-order chi connectivity index (χ0) is 19.3. The van der Waals surface area contributed by atoms with Crippen molar-refractivity contribution < 1.29 is 24.0 Å². The molecule has 0 aliphatic carbocycles. The summed E-state index contributed by atoms with van der Waals surface area (Å²) in [4.78, 5) is 36.8. The molecule has 0 saturated heterocycles. The molecule has 25 heavy (non-hydrogen) atoms. The molecule has 0 fully saturated rings. The molecule has 1 rings (SSSR count). The van der Waals surface area contributed by atoms with Gasteiger partial charge in [-0.25, -0.2) is 4.79 Å². The second kappa shape index (κ2) is 8.46. The van der Waals surface area contributed by atoms with Crippen molar-refractivity contribution in [3.05, 3.63) is 33.9 Å². The van der Waals surface area contributed by atoms with E-state index in [0.29, 0.717) is 0 Å². The summed E-state index contributed by atoms with van der Waals surface area (Å²) < 4.78 is 10.3. The Labute approximate surface area is 146 Å². The van der Waals surface area contributed by atoms with E-state index in [1.165, 1.54) is 26.2 Å². The van der Waals surface area contributed by atoms with E-state index in [4.69, 9.17) is 9.47 Å². The van der Waals surface area contributed by atoms with Crippen LogP contribution < -0.4 is 4.74 Å². The van der Waals surface area contributed by atoms with Crippen LogP contribution in [0.15, 0.2) is 18.2 Å². The number of esters is 1. The van der Waals surface area contributed by atoms with Crippen molar-refractivity contribution in [1.29, 1.82) is 0 Å². The van der Waals surface area contributed by atoms with Crippen molar-refractivity contribution in [2.45, 2.75) is 52.8 Å². The molecule has 0 aromatic heterocycles. The number of ether oxygens (including phenoxy) is 2. The lowest BCUT2D eigenvalue weighted by molar-refractivity contribution is -0.384. The average Bonchev–Trinajstić information content (AvgIpc) is 2.53. The SMILES string of the molecule is COc1ccc([N+](=O)[O-])cc1C(=O)O[C@H](C)C(=O)N(C(C)C)C(C)C. The molecular weight excluding hydrogens is 328 g/mol. The Balaban J connectivity index is 3.03. The first-order chi connectivity index (χ1) is 11.6. The summed E-state index contributed by atoms with van der Waals surface area (Å²) in [6, 6.07) is 3.50. The number of methoxy groups -OCH3 is 1. The lowest BCUT2D eigenvalue weighted by Crippen LogP contribution is -2.47. The van der Waals surface area contributed by atoms with E-state index < -0.39 is 17.0 Å². The molecule has 1 aromatic carbocycles. The highest BCUT2D eigenvalue weighted by molar-refractivity contribution is 5.95. The van der Waals surface area contributed by atoms with Gasteiger partial charge in [-0.2, -0.15) is 0 Å². The third-order valence-corrected chi connectivity index (χ3v) is 3.61. The van der Waals surface area contributed by atoms with Crippen LogP contribution in [-0.2, 0) is 9.53 Å². The van der Waals surface area contributed by atoms with Crippen molar-refractivity contribution in [2.75, 3.05) is 7.11 Å². The average molecular weight is 352 g/mol. The Morgan fingerprint density at radius 2 is 1.68 bits per heavy atom. The minimum absolute atomic E-state index is 0.0546. The van der Waals surface area contributed by atoms with Gasteiger partial charge in [-0.3, -0.25) is 14.9 Å². The summed E-state index contributed by atoms with van der Waals surface area (Å²) in [7, 11) is 1.34. The van der Waals surface area contributed by atoms with Gasteiger partial charge in [0.1, 0.15) is 11.3 Å². The molecule has 1 aromatic rings. The molecule has 1 atom stereocenters. The summed E-state index contributed by atoms with van der Waals surface area (Å²) in [6.45, 7) is 8.96. The Kier molecular flexibility index (Phi) is 6.90. The molecular formula is C17H24N2O6. The predicted molar refractivity (Wildman–Crippen MR) is 91.6 cm³/mol. The van der Waals surface area contributed by atoms with Crippen LogP contribution >= 0.6 is 0 Å². The zero-order valence-corrected chi connectivity index (χ0v) is 15.3. The normalized spacial score (nSPS) is 12.0. The fourth-order valence-corrected chi connectivity index (χ4v) is 2.56. The summed E-state index contributed by atoms with van der Waals surface area (Å²) in [5.41, 5.74) is -0.366. The van der Waals surface area contributed by atoms with E-state index in [1.807, 2.05) is 27.7 Å². The number of benzene rings is 1. The second-order valence-electron chi connectivity index (χ2n) is 6.12. The second-order valence-corrected chi connectivity index (χ2v) is 6.12. The molecule has 0 aliphatic heterocycles. The van der Waals surface area contributed by atoms with E-state index in [-0.39, 0.29) is 35.0 Å². The van der Waals surface area contributed by atoms with Crippen LogP contribution in [0.4, 0.5) is 5.69 Å². The number of carbonyl (C=O) groups excluding carboxylic acids is 2. The highest BCUT2D eigenvalue weighted by Gasteiger charge is 2.29. The minimum atomic E-state index is -1.03. The van der Waals surface area contributed by atoms with E-state index in [1.54, 1.807) is 4.90 Å². The van der Waals surface area contributed by atoms with Crippen LogP contribution in [-0.4, -0.2) is 47.0 Å². The van der Waals surface area contributed by atoms with Crippen LogP contribution in [0.3, 0.4) is 0 Å².